The van der Waals surface area contributed by atoms with Gasteiger partial charge < -0.3 is 10.2 Å². The smallest absolute Gasteiger partial charge is 0.323 e. The van der Waals surface area contributed by atoms with Crippen LogP contribution in [-0.4, -0.2) is 40.2 Å². The van der Waals surface area contributed by atoms with Crippen LogP contribution in [0.25, 0.3) is 0 Å². The van der Waals surface area contributed by atoms with Crippen LogP contribution in [0.3, 0.4) is 0 Å². The topological polar surface area (TPSA) is 60.8 Å². The molecule has 0 aliphatic rings. The lowest BCUT2D eigenvalue weighted by Crippen LogP contribution is -2.49. The third-order valence-electron chi connectivity index (χ3n) is 3.11. The summed E-state index contributed by atoms with van der Waals surface area (Å²) in [5.74, 6) is -0.903. The molecule has 4 heteroatoms. The van der Waals surface area contributed by atoms with Crippen molar-refractivity contribution in [1.82, 2.24) is 4.90 Å². The number of rotatable bonds is 5. The van der Waals surface area contributed by atoms with Crippen LogP contribution >= 0.6 is 0 Å². The molecule has 1 atom stereocenters. The van der Waals surface area contributed by atoms with E-state index in [9.17, 15) is 9.90 Å². The van der Waals surface area contributed by atoms with Gasteiger partial charge in [0.1, 0.15) is 5.54 Å². The van der Waals surface area contributed by atoms with Crippen LogP contribution in [0, 0.1) is 0 Å². The Morgan fingerprint density at radius 3 is 2.35 bits per heavy atom. The molecule has 2 N–H and O–H groups in total. The minimum atomic E-state index is -0.990. The fourth-order valence-corrected chi connectivity index (χ4v) is 1.43. The molecule has 0 aliphatic carbocycles. The minimum absolute atomic E-state index is 0.281. The Morgan fingerprint density at radius 2 is 1.88 bits per heavy atom. The molecule has 0 amide bonds. The molecule has 0 bridgehead atoms. The maximum absolute atomic E-state index is 11.1. The molecule has 1 rings (SSSR count). The van der Waals surface area contributed by atoms with Crippen LogP contribution in [0.4, 0.5) is 0 Å². The summed E-state index contributed by atoms with van der Waals surface area (Å²) in [6.45, 7) is 3.52. The van der Waals surface area contributed by atoms with E-state index in [0.717, 1.165) is 5.56 Å². The van der Waals surface area contributed by atoms with Gasteiger partial charge in [-0.2, -0.15) is 0 Å². The molecule has 0 radical (unpaired) electrons. The normalized spacial score (nSPS) is 13.7. The van der Waals surface area contributed by atoms with Crippen molar-refractivity contribution >= 4 is 5.97 Å². The number of aliphatic carboxylic acids is 1. The van der Waals surface area contributed by atoms with Crippen LogP contribution in [-0.2, 0) is 4.79 Å². The number of benzene rings is 1. The first-order valence-electron chi connectivity index (χ1n) is 5.53. The molecule has 0 heterocycles. The van der Waals surface area contributed by atoms with Crippen molar-refractivity contribution in [1.29, 1.82) is 0 Å². The number of aliphatic hydroxyl groups is 1. The number of likely N-dealkylation sites (N-methyl/N-ethyl adjacent to an activating group) is 1. The number of carboxylic acid groups (broad SMARTS) is 1. The van der Waals surface area contributed by atoms with E-state index in [2.05, 4.69) is 0 Å². The molecule has 0 fully saturated rings. The Kier molecular flexibility index (Phi) is 4.26. The van der Waals surface area contributed by atoms with Crippen molar-refractivity contribution in [3.8, 4) is 0 Å². The number of nitrogens with zero attached hydrogens (tertiary/aromatic N) is 1. The van der Waals surface area contributed by atoms with Crippen molar-refractivity contribution in [3.63, 3.8) is 0 Å². The third kappa shape index (κ3) is 3.28. The van der Waals surface area contributed by atoms with E-state index >= 15 is 0 Å². The van der Waals surface area contributed by atoms with E-state index < -0.39 is 17.6 Å². The zero-order chi connectivity index (χ0) is 13.1. The Morgan fingerprint density at radius 1 is 1.35 bits per heavy atom. The van der Waals surface area contributed by atoms with Gasteiger partial charge in [0.25, 0.3) is 0 Å². The van der Waals surface area contributed by atoms with Gasteiger partial charge in [-0.25, -0.2) is 0 Å². The summed E-state index contributed by atoms with van der Waals surface area (Å²) in [6.07, 6.45) is -0.681. The summed E-state index contributed by atoms with van der Waals surface area (Å²) in [6, 6.07) is 9.22. The Hall–Kier alpha value is -1.39. The number of carbonyl (C=O) groups is 1. The third-order valence-corrected chi connectivity index (χ3v) is 3.11. The van der Waals surface area contributed by atoms with Crippen LogP contribution in [0.5, 0.6) is 0 Å². The van der Waals surface area contributed by atoms with Gasteiger partial charge in [-0.1, -0.05) is 30.3 Å². The van der Waals surface area contributed by atoms with E-state index in [1.165, 1.54) is 0 Å². The first-order valence-corrected chi connectivity index (χ1v) is 5.53. The van der Waals surface area contributed by atoms with Gasteiger partial charge >= 0.3 is 5.97 Å². The molecule has 0 saturated carbocycles. The molecule has 0 aliphatic heterocycles. The Balaban J connectivity index is 2.70. The van der Waals surface area contributed by atoms with Crippen LogP contribution in [0.2, 0.25) is 0 Å². The van der Waals surface area contributed by atoms with Crippen molar-refractivity contribution in [3.05, 3.63) is 35.9 Å². The van der Waals surface area contributed by atoms with E-state index in [4.69, 9.17) is 5.11 Å². The summed E-state index contributed by atoms with van der Waals surface area (Å²) in [4.78, 5) is 12.7. The molecule has 0 aromatic heterocycles. The van der Waals surface area contributed by atoms with Gasteiger partial charge in [0.2, 0.25) is 0 Å². The maximum atomic E-state index is 11.1. The zero-order valence-electron chi connectivity index (χ0n) is 10.4. The molecule has 0 spiro atoms. The molecule has 17 heavy (non-hydrogen) atoms. The lowest BCUT2D eigenvalue weighted by Gasteiger charge is -2.33. The highest BCUT2D eigenvalue weighted by molar-refractivity contribution is 5.77. The first kappa shape index (κ1) is 13.7. The first-order chi connectivity index (χ1) is 7.85. The lowest BCUT2D eigenvalue weighted by molar-refractivity contribution is -0.149. The monoisotopic (exact) mass is 237 g/mol. The van der Waals surface area contributed by atoms with Gasteiger partial charge in [-0.05, 0) is 26.5 Å². The number of aliphatic hydroxyl groups excluding tert-OH is 1. The van der Waals surface area contributed by atoms with E-state index in [1.807, 2.05) is 30.3 Å². The second-order valence-corrected chi connectivity index (χ2v) is 4.67. The average molecular weight is 237 g/mol. The van der Waals surface area contributed by atoms with Crippen LogP contribution < -0.4 is 0 Å². The second kappa shape index (κ2) is 5.29. The van der Waals surface area contributed by atoms with Gasteiger partial charge in [0.15, 0.2) is 0 Å². The highest BCUT2D eigenvalue weighted by atomic mass is 16.4. The van der Waals surface area contributed by atoms with Gasteiger partial charge in [0, 0.05) is 6.54 Å². The van der Waals surface area contributed by atoms with Crippen molar-refractivity contribution in [2.75, 3.05) is 13.6 Å². The van der Waals surface area contributed by atoms with Crippen molar-refractivity contribution < 1.29 is 15.0 Å². The molecule has 94 valence electrons. The predicted octanol–water partition coefficient (Wildman–Crippen LogP) is 1.51. The molecule has 0 saturated heterocycles. The molecule has 1 aromatic rings. The molecule has 1 aromatic carbocycles. The van der Waals surface area contributed by atoms with Gasteiger partial charge in [0.05, 0.1) is 6.10 Å². The predicted molar refractivity (Wildman–Crippen MR) is 65.7 cm³/mol. The summed E-state index contributed by atoms with van der Waals surface area (Å²) in [5.41, 5.74) is -0.198. The number of hydrogen-bond donors (Lipinski definition) is 2. The van der Waals surface area contributed by atoms with Crippen molar-refractivity contribution in [2.24, 2.45) is 0 Å². The second-order valence-electron chi connectivity index (χ2n) is 4.67. The fourth-order valence-electron chi connectivity index (χ4n) is 1.43. The van der Waals surface area contributed by atoms with E-state index in [-0.39, 0.29) is 6.54 Å². The largest absolute Gasteiger partial charge is 0.480 e. The van der Waals surface area contributed by atoms with Gasteiger partial charge in [-0.15, -0.1) is 0 Å². The molecule has 1 unspecified atom stereocenters. The quantitative estimate of drug-likeness (QED) is 0.815. The lowest BCUT2D eigenvalue weighted by atomic mass is 10.0. The summed E-state index contributed by atoms with van der Waals surface area (Å²) < 4.78 is 0. The zero-order valence-corrected chi connectivity index (χ0v) is 10.4. The highest BCUT2D eigenvalue weighted by Crippen LogP contribution is 2.19. The highest BCUT2D eigenvalue weighted by Gasteiger charge is 2.33. The Labute approximate surface area is 101 Å². The number of carboxylic acids is 1. The summed E-state index contributed by atoms with van der Waals surface area (Å²) >= 11 is 0. The fraction of sp³-hybridized carbons (Fsp3) is 0.462. The molecular weight excluding hydrogens is 218 g/mol. The van der Waals surface area contributed by atoms with E-state index in [1.54, 1.807) is 25.8 Å². The standard InChI is InChI=1S/C13H19NO3/c1-13(2,12(16)17)14(3)9-11(15)10-7-5-4-6-8-10/h4-8,11,15H,9H2,1-3H3,(H,16,17). The summed E-state index contributed by atoms with van der Waals surface area (Å²) in [7, 11) is 1.69. The molecular formula is C13H19NO3. The number of hydrogen-bond acceptors (Lipinski definition) is 3. The minimum Gasteiger partial charge on any atom is -0.480 e. The maximum Gasteiger partial charge on any atom is 0.323 e. The number of β-amino-alcohol motifs (C(OH)–C–C–N with tert-alkyl or cyclic N) is 1. The SMILES string of the molecule is CN(CC(O)c1ccccc1)C(C)(C)C(=O)O. The van der Waals surface area contributed by atoms with E-state index in [0.29, 0.717) is 0 Å². The van der Waals surface area contributed by atoms with Crippen LogP contribution in [0.15, 0.2) is 30.3 Å². The molecule has 4 nitrogen and oxygen atoms in total. The van der Waals surface area contributed by atoms with Crippen LogP contribution in [0.1, 0.15) is 25.5 Å². The van der Waals surface area contributed by atoms with Gasteiger partial charge in [-0.3, -0.25) is 9.69 Å². The average Bonchev–Trinajstić information content (AvgIpc) is 2.29. The van der Waals surface area contributed by atoms with Crippen molar-refractivity contribution in [2.45, 2.75) is 25.5 Å². The Bertz CT molecular complexity index is 376. The summed E-state index contributed by atoms with van der Waals surface area (Å²) in [5, 5.41) is 19.1.